The van der Waals surface area contributed by atoms with Gasteiger partial charge < -0.3 is 10.5 Å². The van der Waals surface area contributed by atoms with E-state index in [-0.39, 0.29) is 5.97 Å². The molecule has 0 bridgehead atoms. The summed E-state index contributed by atoms with van der Waals surface area (Å²) in [7, 11) is 1.38. The lowest BCUT2D eigenvalue weighted by atomic mass is 10.0. The van der Waals surface area contributed by atoms with Crippen LogP contribution in [0.15, 0.2) is 48.5 Å². The van der Waals surface area contributed by atoms with E-state index in [1.165, 1.54) is 7.11 Å². The zero-order valence-corrected chi connectivity index (χ0v) is 10.2. The second-order valence-electron chi connectivity index (χ2n) is 3.97. The minimum Gasteiger partial charge on any atom is -0.465 e. The highest BCUT2D eigenvalue weighted by Crippen LogP contribution is 2.20. The zero-order chi connectivity index (χ0) is 13.0. The summed E-state index contributed by atoms with van der Waals surface area (Å²) in [4.78, 5) is 11.3. The molecular formula is C15H15NO2. The summed E-state index contributed by atoms with van der Waals surface area (Å²) in [5.41, 5.74) is 9.37. The number of rotatable bonds is 3. The van der Waals surface area contributed by atoms with Gasteiger partial charge in [0.15, 0.2) is 0 Å². The van der Waals surface area contributed by atoms with Crippen LogP contribution < -0.4 is 5.73 Å². The third-order valence-electron chi connectivity index (χ3n) is 2.83. The normalized spacial score (nSPS) is 10.1. The summed E-state index contributed by atoms with van der Waals surface area (Å²) in [6.45, 7) is 0.543. The van der Waals surface area contributed by atoms with Crippen LogP contribution in [0.3, 0.4) is 0 Å². The average molecular weight is 241 g/mol. The third kappa shape index (κ3) is 2.57. The molecular weight excluding hydrogens is 226 g/mol. The van der Waals surface area contributed by atoms with Crippen LogP contribution in [0, 0.1) is 0 Å². The summed E-state index contributed by atoms with van der Waals surface area (Å²) in [5, 5.41) is 0. The fourth-order valence-corrected chi connectivity index (χ4v) is 1.75. The molecule has 0 unspecified atom stereocenters. The number of benzene rings is 2. The van der Waals surface area contributed by atoms with E-state index in [1.807, 2.05) is 36.4 Å². The smallest absolute Gasteiger partial charge is 0.337 e. The Morgan fingerprint density at radius 3 is 1.94 bits per heavy atom. The molecule has 0 fully saturated rings. The third-order valence-corrected chi connectivity index (χ3v) is 2.83. The Morgan fingerprint density at radius 2 is 1.50 bits per heavy atom. The molecule has 0 radical (unpaired) electrons. The van der Waals surface area contributed by atoms with Gasteiger partial charge in [0.05, 0.1) is 12.7 Å². The topological polar surface area (TPSA) is 52.3 Å². The van der Waals surface area contributed by atoms with Crippen molar-refractivity contribution in [2.45, 2.75) is 6.54 Å². The van der Waals surface area contributed by atoms with Crippen molar-refractivity contribution in [2.24, 2.45) is 5.73 Å². The van der Waals surface area contributed by atoms with Crippen molar-refractivity contribution in [1.29, 1.82) is 0 Å². The van der Waals surface area contributed by atoms with Gasteiger partial charge >= 0.3 is 5.97 Å². The van der Waals surface area contributed by atoms with Crippen LogP contribution in [0.5, 0.6) is 0 Å². The molecule has 92 valence electrons. The van der Waals surface area contributed by atoms with E-state index in [1.54, 1.807) is 12.1 Å². The molecule has 0 saturated carbocycles. The highest BCUT2D eigenvalue weighted by atomic mass is 16.5. The molecule has 0 aliphatic rings. The van der Waals surface area contributed by atoms with Gasteiger partial charge in [-0.05, 0) is 28.8 Å². The van der Waals surface area contributed by atoms with Crippen molar-refractivity contribution >= 4 is 5.97 Å². The molecule has 18 heavy (non-hydrogen) atoms. The average Bonchev–Trinajstić information content (AvgIpc) is 2.47. The molecule has 2 N–H and O–H groups in total. The number of hydrogen-bond donors (Lipinski definition) is 1. The van der Waals surface area contributed by atoms with E-state index in [2.05, 4.69) is 4.74 Å². The van der Waals surface area contributed by atoms with Gasteiger partial charge in [-0.15, -0.1) is 0 Å². The molecule has 2 aromatic carbocycles. The molecule has 0 aliphatic carbocycles. The second kappa shape index (κ2) is 5.47. The maximum atomic E-state index is 11.3. The Balaban J connectivity index is 2.25. The summed E-state index contributed by atoms with van der Waals surface area (Å²) in [6.07, 6.45) is 0. The fourth-order valence-electron chi connectivity index (χ4n) is 1.75. The highest BCUT2D eigenvalue weighted by Gasteiger charge is 2.05. The molecule has 0 heterocycles. The Kier molecular flexibility index (Phi) is 3.75. The molecule has 0 aromatic heterocycles. The van der Waals surface area contributed by atoms with E-state index in [9.17, 15) is 4.79 Å². The lowest BCUT2D eigenvalue weighted by Crippen LogP contribution is -2.00. The van der Waals surface area contributed by atoms with Crippen LogP contribution in [0.2, 0.25) is 0 Å². The number of nitrogens with two attached hydrogens (primary N) is 1. The minimum atomic E-state index is -0.319. The van der Waals surface area contributed by atoms with Gasteiger partial charge in [0, 0.05) is 6.54 Å². The number of methoxy groups -OCH3 is 1. The number of carbonyl (C=O) groups excluding carboxylic acids is 1. The van der Waals surface area contributed by atoms with Gasteiger partial charge in [-0.1, -0.05) is 36.4 Å². The zero-order valence-electron chi connectivity index (χ0n) is 10.2. The van der Waals surface area contributed by atoms with Gasteiger partial charge in [0.2, 0.25) is 0 Å². The van der Waals surface area contributed by atoms with Crippen LogP contribution in [0.1, 0.15) is 15.9 Å². The van der Waals surface area contributed by atoms with Gasteiger partial charge in [-0.25, -0.2) is 4.79 Å². The predicted molar refractivity (Wildman–Crippen MR) is 71.1 cm³/mol. The van der Waals surface area contributed by atoms with Crippen LogP contribution in [0.4, 0.5) is 0 Å². The van der Waals surface area contributed by atoms with E-state index >= 15 is 0 Å². The number of carbonyl (C=O) groups is 1. The number of esters is 1. The van der Waals surface area contributed by atoms with Gasteiger partial charge in [0.25, 0.3) is 0 Å². The summed E-state index contributed by atoms with van der Waals surface area (Å²) in [5.74, 6) is -0.319. The SMILES string of the molecule is COC(=O)c1ccc(-c2ccc(CN)cc2)cc1. The first-order valence-corrected chi connectivity index (χ1v) is 5.72. The molecule has 0 spiro atoms. The maximum absolute atomic E-state index is 11.3. The van der Waals surface area contributed by atoms with Gasteiger partial charge in [0.1, 0.15) is 0 Å². The summed E-state index contributed by atoms with van der Waals surface area (Å²) >= 11 is 0. The Hall–Kier alpha value is -2.13. The quantitative estimate of drug-likeness (QED) is 0.840. The fraction of sp³-hybridized carbons (Fsp3) is 0.133. The first-order valence-electron chi connectivity index (χ1n) is 5.72. The molecule has 0 saturated heterocycles. The molecule has 0 amide bonds. The molecule has 2 rings (SSSR count). The second-order valence-corrected chi connectivity index (χ2v) is 3.97. The van der Waals surface area contributed by atoms with E-state index < -0.39 is 0 Å². The van der Waals surface area contributed by atoms with Crippen LogP contribution >= 0.6 is 0 Å². The van der Waals surface area contributed by atoms with Crippen molar-refractivity contribution in [3.05, 3.63) is 59.7 Å². The molecule has 0 aliphatic heterocycles. The molecule has 3 heteroatoms. The summed E-state index contributed by atoms with van der Waals surface area (Å²) < 4.78 is 4.66. The van der Waals surface area contributed by atoms with Crippen LogP contribution in [-0.4, -0.2) is 13.1 Å². The van der Waals surface area contributed by atoms with Crippen molar-refractivity contribution in [1.82, 2.24) is 0 Å². The Bertz CT molecular complexity index is 529. The van der Waals surface area contributed by atoms with E-state index in [4.69, 9.17) is 5.73 Å². The molecule has 2 aromatic rings. The Morgan fingerprint density at radius 1 is 1.00 bits per heavy atom. The van der Waals surface area contributed by atoms with E-state index in [0.29, 0.717) is 12.1 Å². The standard InChI is InChI=1S/C15H15NO2/c1-18-15(17)14-8-6-13(7-9-14)12-4-2-11(10-16)3-5-12/h2-9H,10,16H2,1H3. The number of ether oxygens (including phenoxy) is 1. The Labute approximate surface area is 106 Å². The van der Waals surface area contributed by atoms with Crippen LogP contribution in [-0.2, 0) is 11.3 Å². The lowest BCUT2D eigenvalue weighted by molar-refractivity contribution is 0.0601. The van der Waals surface area contributed by atoms with Gasteiger partial charge in [-0.3, -0.25) is 0 Å². The lowest BCUT2D eigenvalue weighted by Gasteiger charge is -2.04. The monoisotopic (exact) mass is 241 g/mol. The minimum absolute atomic E-state index is 0.319. The predicted octanol–water partition coefficient (Wildman–Crippen LogP) is 2.60. The van der Waals surface area contributed by atoms with E-state index in [0.717, 1.165) is 16.7 Å². The number of hydrogen-bond acceptors (Lipinski definition) is 3. The van der Waals surface area contributed by atoms with Crippen LogP contribution in [0.25, 0.3) is 11.1 Å². The van der Waals surface area contributed by atoms with Gasteiger partial charge in [-0.2, -0.15) is 0 Å². The molecule has 0 atom stereocenters. The van der Waals surface area contributed by atoms with Crippen molar-refractivity contribution in [2.75, 3.05) is 7.11 Å². The highest BCUT2D eigenvalue weighted by molar-refractivity contribution is 5.89. The first kappa shape index (κ1) is 12.3. The van der Waals surface area contributed by atoms with Crippen molar-refractivity contribution < 1.29 is 9.53 Å². The molecule has 3 nitrogen and oxygen atoms in total. The largest absolute Gasteiger partial charge is 0.465 e. The first-order chi connectivity index (χ1) is 8.74. The van der Waals surface area contributed by atoms with Crippen molar-refractivity contribution in [3.63, 3.8) is 0 Å². The maximum Gasteiger partial charge on any atom is 0.337 e. The van der Waals surface area contributed by atoms with Crippen molar-refractivity contribution in [3.8, 4) is 11.1 Å². The summed E-state index contributed by atoms with van der Waals surface area (Å²) in [6, 6.07) is 15.4.